The van der Waals surface area contributed by atoms with Crippen LogP contribution in [0.3, 0.4) is 0 Å². The zero-order valence-corrected chi connectivity index (χ0v) is 59.8. The van der Waals surface area contributed by atoms with Crippen molar-refractivity contribution in [1.82, 2.24) is 29.9 Å². The lowest BCUT2D eigenvalue weighted by Crippen LogP contribution is -2.19. The van der Waals surface area contributed by atoms with Gasteiger partial charge in [0.2, 0.25) is 0 Å². The first-order valence-corrected chi connectivity index (χ1v) is 38.7. The Kier molecular flexibility index (Phi) is 22.6. The standard InChI is InChI=1S/C88H78N6O8P2/c1-63-41-43-89-83(53-63)81-35-19-33-79(93-81)77-39-37-65(57-91-77)59-99-47-45-97-49-51-101-87-69(61-103(95,71-23-7-3-8-24-71)72-25-9-4-10-26-72)55-67-21-15-17-31-75(67)85(87)86-76-32-18-16-22-68(76)56-70(62-104(96,73-27-11-5-12-28-73)74-29-13-6-14-30-74)88(86)102-52-50-98-46-48-100-60-66-38-40-78(92-58-66)80-34-20-36-82(94-80)84-54-64(2)42-44-90-84/h3-44,53-58H,45-52,59-62H2,1-2H3. The van der Waals surface area contributed by atoms with Gasteiger partial charge in [-0.2, -0.15) is 0 Å². The second kappa shape index (κ2) is 33.5. The van der Waals surface area contributed by atoms with Gasteiger partial charge in [-0.1, -0.05) is 194 Å². The Bertz CT molecular complexity index is 4910. The molecule has 6 aromatic heterocycles. The predicted octanol–water partition coefficient (Wildman–Crippen LogP) is 17.6. The first kappa shape index (κ1) is 70.1. The maximum Gasteiger partial charge on any atom is 0.147 e. The van der Waals surface area contributed by atoms with Crippen LogP contribution in [0.1, 0.15) is 33.4 Å². The maximum absolute atomic E-state index is 16.5. The van der Waals surface area contributed by atoms with Crippen molar-refractivity contribution in [1.29, 1.82) is 0 Å². The Morgan fingerprint density at radius 2 is 0.654 bits per heavy atom. The van der Waals surface area contributed by atoms with Crippen molar-refractivity contribution >= 4 is 57.0 Å². The van der Waals surface area contributed by atoms with Crippen molar-refractivity contribution in [3.05, 3.63) is 325 Å². The number of aromatic nitrogens is 6. The molecule has 0 N–H and O–H groups in total. The second-order valence-electron chi connectivity index (χ2n) is 25.4. The topological polar surface area (TPSA) is 167 Å². The van der Waals surface area contributed by atoms with E-state index in [1.807, 2.05) is 257 Å². The summed E-state index contributed by atoms with van der Waals surface area (Å²) in [5.74, 6) is 1.06. The van der Waals surface area contributed by atoms with Crippen LogP contribution in [-0.4, -0.2) is 82.8 Å². The highest BCUT2D eigenvalue weighted by Gasteiger charge is 2.34. The van der Waals surface area contributed by atoms with Crippen molar-refractivity contribution in [2.45, 2.75) is 39.4 Å². The molecule has 16 heteroatoms. The average Bonchev–Trinajstić information content (AvgIpc) is 0.729. The number of pyridine rings is 6. The molecule has 8 aromatic carbocycles. The van der Waals surface area contributed by atoms with Crippen molar-refractivity contribution in [3.63, 3.8) is 0 Å². The van der Waals surface area contributed by atoms with Crippen LogP contribution in [0.25, 0.3) is 78.2 Å². The van der Waals surface area contributed by atoms with Crippen LogP contribution in [0.4, 0.5) is 0 Å². The van der Waals surface area contributed by atoms with Gasteiger partial charge in [-0.25, -0.2) is 9.97 Å². The molecule has 104 heavy (non-hydrogen) atoms. The van der Waals surface area contributed by atoms with E-state index < -0.39 is 14.3 Å². The minimum atomic E-state index is -3.46. The number of hydrogen-bond acceptors (Lipinski definition) is 14. The third-order valence-electron chi connectivity index (χ3n) is 18.1. The molecule has 0 saturated heterocycles. The first-order chi connectivity index (χ1) is 51.1. The van der Waals surface area contributed by atoms with Crippen molar-refractivity contribution in [2.75, 3.05) is 52.9 Å². The molecule has 0 bridgehead atoms. The van der Waals surface area contributed by atoms with Crippen LogP contribution in [0.5, 0.6) is 11.5 Å². The molecule has 0 amide bonds. The molecule has 0 aliphatic heterocycles. The summed E-state index contributed by atoms with van der Waals surface area (Å²) in [5, 5.41) is 6.45. The second-order valence-corrected chi connectivity index (χ2v) is 31.1. The fraction of sp³-hybridized carbons (Fsp3) is 0.159. The van der Waals surface area contributed by atoms with Crippen molar-refractivity contribution < 1.29 is 37.6 Å². The Morgan fingerprint density at radius 1 is 0.308 bits per heavy atom. The van der Waals surface area contributed by atoms with Gasteiger partial charge >= 0.3 is 0 Å². The van der Waals surface area contributed by atoms with Crippen LogP contribution in [-0.2, 0) is 53.6 Å². The number of hydrogen-bond donors (Lipinski definition) is 0. The molecule has 518 valence electrons. The summed E-state index contributed by atoms with van der Waals surface area (Å²) >= 11 is 0. The van der Waals surface area contributed by atoms with Gasteiger partial charge in [-0.3, -0.25) is 19.9 Å². The molecule has 0 unspecified atom stereocenters. The van der Waals surface area contributed by atoms with Crippen LogP contribution in [0.15, 0.2) is 292 Å². The third-order valence-corrected chi connectivity index (χ3v) is 24.2. The lowest BCUT2D eigenvalue weighted by molar-refractivity contribution is 0.0301. The summed E-state index contributed by atoms with van der Waals surface area (Å²) in [6, 6.07) is 87.3. The van der Waals surface area contributed by atoms with Gasteiger partial charge < -0.3 is 37.6 Å². The number of aryl methyl sites for hydroxylation is 2. The Balaban J connectivity index is 0.755. The molecule has 0 radical (unpaired) electrons. The zero-order valence-electron chi connectivity index (χ0n) is 58.0. The minimum Gasteiger partial charge on any atom is -0.490 e. The van der Waals surface area contributed by atoms with E-state index in [2.05, 4.69) is 46.4 Å². The highest BCUT2D eigenvalue weighted by atomic mass is 31.2. The van der Waals surface area contributed by atoms with Crippen molar-refractivity contribution in [2.24, 2.45) is 0 Å². The Labute approximate surface area is 606 Å². The number of ether oxygens (including phenoxy) is 6. The van der Waals surface area contributed by atoms with Gasteiger partial charge in [0.05, 0.1) is 98.4 Å². The van der Waals surface area contributed by atoms with Gasteiger partial charge in [0, 0.05) is 80.6 Å². The highest BCUT2D eigenvalue weighted by Crippen LogP contribution is 2.56. The van der Waals surface area contributed by atoms with Crippen LogP contribution in [0, 0.1) is 13.8 Å². The minimum absolute atomic E-state index is 0.119. The maximum atomic E-state index is 16.5. The lowest BCUT2D eigenvalue weighted by Gasteiger charge is -2.27. The summed E-state index contributed by atoms with van der Waals surface area (Å²) in [6.45, 7) is 6.64. The van der Waals surface area contributed by atoms with E-state index >= 15 is 9.13 Å². The summed E-state index contributed by atoms with van der Waals surface area (Å²) in [7, 11) is -6.92. The van der Waals surface area contributed by atoms with E-state index in [1.165, 1.54) is 0 Å². The smallest absolute Gasteiger partial charge is 0.147 e. The summed E-state index contributed by atoms with van der Waals surface area (Å²) in [5.41, 5.74) is 13.2. The monoisotopic (exact) mass is 1410 g/mol. The lowest BCUT2D eigenvalue weighted by atomic mass is 9.89. The van der Waals surface area contributed by atoms with E-state index in [1.54, 1.807) is 12.4 Å². The van der Waals surface area contributed by atoms with Gasteiger partial charge in [0.15, 0.2) is 0 Å². The van der Waals surface area contributed by atoms with Gasteiger partial charge in [0.25, 0.3) is 0 Å². The van der Waals surface area contributed by atoms with E-state index in [-0.39, 0.29) is 38.8 Å². The molecular weight excluding hydrogens is 1330 g/mol. The van der Waals surface area contributed by atoms with E-state index in [0.717, 1.165) is 133 Å². The molecule has 0 spiro atoms. The first-order valence-electron chi connectivity index (χ1n) is 34.9. The number of rotatable bonds is 31. The Hall–Kier alpha value is -10.9. The Morgan fingerprint density at radius 3 is 1.02 bits per heavy atom. The average molecular weight is 1410 g/mol. The summed E-state index contributed by atoms with van der Waals surface area (Å²) in [6.07, 6.45) is 7.46. The fourth-order valence-electron chi connectivity index (χ4n) is 13.0. The molecule has 14 nitrogen and oxygen atoms in total. The molecular formula is C88H78N6O8P2. The van der Waals surface area contributed by atoms with Crippen LogP contribution < -0.4 is 30.7 Å². The van der Waals surface area contributed by atoms with E-state index in [9.17, 15) is 0 Å². The number of fused-ring (bicyclic) bond motifs is 2. The molecule has 14 aromatic rings. The van der Waals surface area contributed by atoms with Gasteiger partial charge in [-0.05, 0) is 130 Å². The highest BCUT2D eigenvalue weighted by molar-refractivity contribution is 7.78. The molecule has 0 aliphatic rings. The number of benzene rings is 8. The SMILES string of the molecule is Cc1ccnc(-c2cccc(-c3ccc(COCCOCCOc4c(CP(=O)(c5ccccc5)c5ccccc5)cc5ccccc5c4-c4c(OCCOCCOCc5ccc(-c6cccc(-c7cc(C)ccn7)n6)nc5)c(CP(=O)(c5ccccc5)c5ccccc5)cc5ccccc45)cn3)n2)c1. The largest absolute Gasteiger partial charge is 0.490 e. The third kappa shape index (κ3) is 16.6. The van der Waals surface area contributed by atoms with Crippen LogP contribution >= 0.6 is 14.3 Å². The van der Waals surface area contributed by atoms with Gasteiger partial charge in [0.1, 0.15) is 39.0 Å². The molecule has 0 fully saturated rings. The van der Waals surface area contributed by atoms with Crippen molar-refractivity contribution in [3.8, 4) is 68.2 Å². The quantitative estimate of drug-likeness (QED) is 0.0297. The molecule has 14 rings (SSSR count). The van der Waals surface area contributed by atoms with Gasteiger partial charge in [-0.15, -0.1) is 0 Å². The summed E-state index contributed by atoms with van der Waals surface area (Å²) < 4.78 is 72.5. The van der Waals surface area contributed by atoms with E-state index in [4.69, 9.17) is 48.4 Å². The zero-order chi connectivity index (χ0) is 70.9. The normalized spacial score (nSPS) is 11.7. The molecule has 0 saturated carbocycles. The molecule has 6 heterocycles. The predicted molar refractivity (Wildman–Crippen MR) is 417 cm³/mol. The number of nitrogens with zero attached hydrogens (tertiary/aromatic N) is 6. The molecule has 0 atom stereocenters. The fourth-order valence-corrected chi connectivity index (χ4v) is 18.4. The van der Waals surface area contributed by atoms with Crippen LogP contribution in [0.2, 0.25) is 0 Å². The molecule has 0 aliphatic carbocycles. The van der Waals surface area contributed by atoms with E-state index in [0.29, 0.717) is 51.1 Å². The summed E-state index contributed by atoms with van der Waals surface area (Å²) in [4.78, 5) is 28.3.